The van der Waals surface area contributed by atoms with E-state index in [1.165, 1.54) is 12.4 Å². The summed E-state index contributed by atoms with van der Waals surface area (Å²) in [6.07, 6.45) is 4.39. The first kappa shape index (κ1) is 20.1. The molecule has 7 nitrogen and oxygen atoms in total. The third-order valence-electron chi connectivity index (χ3n) is 3.72. The van der Waals surface area contributed by atoms with Crippen molar-refractivity contribution < 1.29 is 4.79 Å². The van der Waals surface area contributed by atoms with Crippen LogP contribution in [0.25, 0.3) is 5.69 Å². The van der Waals surface area contributed by atoms with Gasteiger partial charge in [0.25, 0.3) is 11.5 Å². The SMILES string of the molecule is O=C(NCCNc1ccc(-n2ncc(Cl)c(Cl)c2=O)cc1Cl)c1cccnc1. The lowest BCUT2D eigenvalue weighted by Crippen LogP contribution is -2.28. The number of hydrogen-bond acceptors (Lipinski definition) is 5. The van der Waals surface area contributed by atoms with E-state index < -0.39 is 5.56 Å². The Morgan fingerprint density at radius 1 is 1.07 bits per heavy atom. The lowest BCUT2D eigenvalue weighted by molar-refractivity contribution is 0.0955. The molecule has 0 aliphatic rings. The Balaban J connectivity index is 1.61. The summed E-state index contributed by atoms with van der Waals surface area (Å²) in [5, 5.41) is 10.2. The maximum atomic E-state index is 12.2. The largest absolute Gasteiger partial charge is 0.382 e. The normalized spacial score (nSPS) is 10.5. The summed E-state index contributed by atoms with van der Waals surface area (Å²) in [6, 6.07) is 8.34. The van der Waals surface area contributed by atoms with Crippen molar-refractivity contribution in [2.24, 2.45) is 0 Å². The highest BCUT2D eigenvalue weighted by Gasteiger charge is 2.11. The van der Waals surface area contributed by atoms with E-state index in [1.54, 1.807) is 36.5 Å². The first-order valence-corrected chi connectivity index (χ1v) is 9.26. The van der Waals surface area contributed by atoms with E-state index in [2.05, 4.69) is 20.7 Å². The van der Waals surface area contributed by atoms with Crippen LogP contribution in [0.1, 0.15) is 10.4 Å². The smallest absolute Gasteiger partial charge is 0.291 e. The number of benzene rings is 1. The average molecular weight is 439 g/mol. The molecule has 0 radical (unpaired) electrons. The standard InChI is InChI=1S/C18H14Cl3N5O2/c19-13-8-12(26-18(28)16(21)14(20)10-25-26)3-4-15(13)23-6-7-24-17(27)11-2-1-5-22-9-11/h1-5,8-10,23H,6-7H2,(H,24,27). The van der Waals surface area contributed by atoms with Crippen LogP contribution in [0.2, 0.25) is 15.1 Å². The molecule has 3 rings (SSSR count). The summed E-state index contributed by atoms with van der Waals surface area (Å²) < 4.78 is 1.11. The topological polar surface area (TPSA) is 88.9 Å². The molecular weight excluding hydrogens is 425 g/mol. The molecule has 0 saturated heterocycles. The van der Waals surface area contributed by atoms with Crippen LogP contribution in [0.3, 0.4) is 0 Å². The number of nitrogens with zero attached hydrogens (tertiary/aromatic N) is 3. The minimum atomic E-state index is -0.538. The van der Waals surface area contributed by atoms with Crippen LogP contribution in [0.15, 0.2) is 53.7 Å². The van der Waals surface area contributed by atoms with Gasteiger partial charge >= 0.3 is 0 Å². The van der Waals surface area contributed by atoms with Crippen LogP contribution in [0, 0.1) is 0 Å². The molecular formula is C18H14Cl3N5O2. The molecule has 1 amide bonds. The highest BCUT2D eigenvalue weighted by Crippen LogP contribution is 2.24. The number of carbonyl (C=O) groups is 1. The van der Waals surface area contributed by atoms with E-state index in [0.717, 1.165) is 4.68 Å². The minimum Gasteiger partial charge on any atom is -0.382 e. The second-order valence-electron chi connectivity index (χ2n) is 5.61. The number of rotatable bonds is 6. The van der Waals surface area contributed by atoms with Gasteiger partial charge in [-0.1, -0.05) is 34.8 Å². The zero-order valence-corrected chi connectivity index (χ0v) is 16.6. The molecule has 2 N–H and O–H groups in total. The van der Waals surface area contributed by atoms with Gasteiger partial charge in [0.1, 0.15) is 5.02 Å². The second-order valence-corrected chi connectivity index (χ2v) is 6.80. The van der Waals surface area contributed by atoms with Gasteiger partial charge in [-0.05, 0) is 30.3 Å². The number of aromatic nitrogens is 3. The Kier molecular flexibility index (Phi) is 6.51. The van der Waals surface area contributed by atoms with E-state index in [0.29, 0.717) is 35.1 Å². The van der Waals surface area contributed by atoms with Gasteiger partial charge < -0.3 is 10.6 Å². The molecule has 3 aromatic rings. The van der Waals surface area contributed by atoms with Crippen LogP contribution in [0.5, 0.6) is 0 Å². The van der Waals surface area contributed by atoms with Crippen LogP contribution < -0.4 is 16.2 Å². The van der Waals surface area contributed by atoms with Gasteiger partial charge in [-0.15, -0.1) is 0 Å². The minimum absolute atomic E-state index is 0.0839. The van der Waals surface area contributed by atoms with Crippen molar-refractivity contribution in [3.8, 4) is 5.69 Å². The third-order valence-corrected chi connectivity index (χ3v) is 4.78. The molecule has 28 heavy (non-hydrogen) atoms. The zero-order valence-electron chi connectivity index (χ0n) is 14.3. The molecule has 0 spiro atoms. The molecule has 2 aromatic heterocycles. The van der Waals surface area contributed by atoms with Crippen molar-refractivity contribution in [1.82, 2.24) is 20.1 Å². The summed E-state index contributed by atoms with van der Waals surface area (Å²) in [5.74, 6) is -0.207. The van der Waals surface area contributed by atoms with Crippen LogP contribution >= 0.6 is 34.8 Å². The van der Waals surface area contributed by atoms with E-state index >= 15 is 0 Å². The van der Waals surface area contributed by atoms with Crippen molar-refractivity contribution in [2.45, 2.75) is 0 Å². The van der Waals surface area contributed by atoms with Gasteiger partial charge in [0.2, 0.25) is 0 Å². The fourth-order valence-electron chi connectivity index (χ4n) is 2.35. The maximum Gasteiger partial charge on any atom is 0.291 e. The van der Waals surface area contributed by atoms with Gasteiger partial charge in [-0.25, -0.2) is 0 Å². The number of nitrogens with one attached hydrogen (secondary N) is 2. The Morgan fingerprint density at radius 3 is 2.61 bits per heavy atom. The highest BCUT2D eigenvalue weighted by atomic mass is 35.5. The van der Waals surface area contributed by atoms with E-state index in [1.807, 2.05) is 0 Å². The molecule has 0 atom stereocenters. The molecule has 0 aliphatic carbocycles. The predicted octanol–water partition coefficient (Wildman–Crippen LogP) is 3.43. The number of pyridine rings is 1. The van der Waals surface area contributed by atoms with Crippen LogP contribution in [0.4, 0.5) is 5.69 Å². The third kappa shape index (κ3) is 4.62. The first-order chi connectivity index (χ1) is 13.5. The fraction of sp³-hybridized carbons (Fsp3) is 0.111. The second kappa shape index (κ2) is 9.05. The van der Waals surface area contributed by atoms with Crippen molar-refractivity contribution in [3.63, 3.8) is 0 Å². The molecule has 0 unspecified atom stereocenters. The molecule has 0 fully saturated rings. The highest BCUT2D eigenvalue weighted by molar-refractivity contribution is 6.41. The summed E-state index contributed by atoms with van der Waals surface area (Å²) >= 11 is 17.9. The van der Waals surface area contributed by atoms with Crippen LogP contribution in [-0.4, -0.2) is 33.8 Å². The molecule has 0 bridgehead atoms. The number of amides is 1. The monoisotopic (exact) mass is 437 g/mol. The summed E-state index contributed by atoms with van der Waals surface area (Å²) in [5.41, 5.74) is 1.05. The van der Waals surface area contributed by atoms with Gasteiger partial charge in [0.15, 0.2) is 0 Å². The van der Waals surface area contributed by atoms with Gasteiger partial charge in [0, 0.05) is 25.5 Å². The molecule has 10 heteroatoms. The van der Waals surface area contributed by atoms with Crippen molar-refractivity contribution >= 4 is 46.4 Å². The summed E-state index contributed by atoms with van der Waals surface area (Å²) in [4.78, 5) is 28.0. The maximum absolute atomic E-state index is 12.2. The number of anilines is 1. The number of halogens is 3. The van der Waals surface area contributed by atoms with Crippen LogP contribution in [-0.2, 0) is 0 Å². The van der Waals surface area contributed by atoms with Crippen molar-refractivity contribution in [3.05, 3.63) is 79.9 Å². The van der Waals surface area contributed by atoms with E-state index in [9.17, 15) is 9.59 Å². The van der Waals surface area contributed by atoms with Gasteiger partial charge in [-0.3, -0.25) is 14.6 Å². The Hall–Kier alpha value is -2.61. The first-order valence-electron chi connectivity index (χ1n) is 8.12. The fourth-order valence-corrected chi connectivity index (χ4v) is 2.84. The van der Waals surface area contributed by atoms with Gasteiger partial charge in [0.05, 0.1) is 33.2 Å². The number of carbonyl (C=O) groups excluding carboxylic acids is 1. The zero-order chi connectivity index (χ0) is 20.1. The summed E-state index contributed by atoms with van der Waals surface area (Å²) in [6.45, 7) is 0.843. The Bertz CT molecular complexity index is 1060. The average Bonchev–Trinajstić information content (AvgIpc) is 2.71. The van der Waals surface area contributed by atoms with Crippen molar-refractivity contribution in [1.29, 1.82) is 0 Å². The van der Waals surface area contributed by atoms with Gasteiger partial charge in [-0.2, -0.15) is 9.78 Å². The molecule has 0 aliphatic heterocycles. The van der Waals surface area contributed by atoms with E-state index in [-0.39, 0.29) is 16.0 Å². The molecule has 2 heterocycles. The molecule has 144 valence electrons. The van der Waals surface area contributed by atoms with E-state index in [4.69, 9.17) is 34.8 Å². The van der Waals surface area contributed by atoms with Crippen molar-refractivity contribution in [2.75, 3.05) is 18.4 Å². The Labute approximate surface area is 175 Å². The molecule has 0 saturated carbocycles. The quantitative estimate of drug-likeness (QED) is 0.576. The lowest BCUT2D eigenvalue weighted by atomic mass is 10.2. The Morgan fingerprint density at radius 2 is 1.89 bits per heavy atom. The lowest BCUT2D eigenvalue weighted by Gasteiger charge is -2.11. The number of hydrogen-bond donors (Lipinski definition) is 2. The predicted molar refractivity (Wildman–Crippen MR) is 110 cm³/mol. The summed E-state index contributed by atoms with van der Waals surface area (Å²) in [7, 11) is 0. The molecule has 1 aromatic carbocycles.